The topological polar surface area (TPSA) is 93.1 Å². The van der Waals surface area contributed by atoms with Crippen LogP contribution in [0.1, 0.15) is 48.5 Å². The normalized spacial score (nSPS) is 20.6. The standard InChI is InChI=1S/C17H22N4O3S/c1-25(23,24)20-15-7-5-6-14(10-15)19-17(22)13-11-18-21(12-13)16-8-3-2-4-9-16/h3,6,8,10-12,16,20H,2,4-5,7,9H2,1H3,(H,19,22). The molecule has 134 valence electrons. The fourth-order valence-electron chi connectivity index (χ4n) is 2.96. The molecule has 0 radical (unpaired) electrons. The summed E-state index contributed by atoms with van der Waals surface area (Å²) in [6.07, 6.45) is 16.7. The first-order valence-electron chi connectivity index (χ1n) is 8.31. The van der Waals surface area contributed by atoms with Crippen molar-refractivity contribution in [3.05, 3.63) is 53.7 Å². The van der Waals surface area contributed by atoms with E-state index in [1.54, 1.807) is 18.5 Å². The van der Waals surface area contributed by atoms with E-state index in [0.29, 0.717) is 29.8 Å². The Morgan fingerprint density at radius 1 is 1.36 bits per heavy atom. The van der Waals surface area contributed by atoms with Crippen LogP contribution in [0.5, 0.6) is 0 Å². The molecule has 1 atom stereocenters. The Bertz CT molecular complexity index is 849. The van der Waals surface area contributed by atoms with Crippen LogP contribution < -0.4 is 10.0 Å². The number of carbonyl (C=O) groups is 1. The van der Waals surface area contributed by atoms with Crippen LogP contribution in [0.2, 0.25) is 0 Å². The molecule has 0 aromatic carbocycles. The van der Waals surface area contributed by atoms with Crippen molar-refractivity contribution in [3.63, 3.8) is 0 Å². The summed E-state index contributed by atoms with van der Waals surface area (Å²) in [6.45, 7) is 0. The zero-order valence-electron chi connectivity index (χ0n) is 14.1. The predicted octanol–water partition coefficient (Wildman–Crippen LogP) is 2.00. The number of nitrogens with one attached hydrogen (secondary N) is 2. The Morgan fingerprint density at radius 2 is 2.20 bits per heavy atom. The van der Waals surface area contributed by atoms with E-state index in [4.69, 9.17) is 0 Å². The van der Waals surface area contributed by atoms with Gasteiger partial charge < -0.3 is 5.32 Å². The third-order valence-electron chi connectivity index (χ3n) is 4.11. The van der Waals surface area contributed by atoms with Gasteiger partial charge in [0.2, 0.25) is 10.0 Å². The van der Waals surface area contributed by atoms with Gasteiger partial charge in [-0.25, -0.2) is 8.42 Å². The molecule has 25 heavy (non-hydrogen) atoms. The molecule has 8 heteroatoms. The first-order valence-corrected chi connectivity index (χ1v) is 10.2. The summed E-state index contributed by atoms with van der Waals surface area (Å²) in [5, 5.41) is 7.10. The number of carbonyl (C=O) groups excluding carboxylic acids is 1. The first kappa shape index (κ1) is 17.5. The molecule has 0 saturated carbocycles. The van der Waals surface area contributed by atoms with Gasteiger partial charge >= 0.3 is 0 Å². The van der Waals surface area contributed by atoms with Crippen LogP contribution in [-0.2, 0) is 10.0 Å². The zero-order valence-corrected chi connectivity index (χ0v) is 14.9. The van der Waals surface area contributed by atoms with E-state index in [-0.39, 0.29) is 11.9 Å². The van der Waals surface area contributed by atoms with Gasteiger partial charge in [0.25, 0.3) is 5.91 Å². The summed E-state index contributed by atoms with van der Waals surface area (Å²) < 4.78 is 26.9. The number of hydrogen-bond donors (Lipinski definition) is 2. The quantitative estimate of drug-likeness (QED) is 0.784. The number of amides is 1. The summed E-state index contributed by atoms with van der Waals surface area (Å²) in [5.41, 5.74) is 1.65. The highest BCUT2D eigenvalue weighted by Crippen LogP contribution is 2.22. The van der Waals surface area contributed by atoms with Crippen molar-refractivity contribution in [1.82, 2.24) is 19.8 Å². The molecule has 0 fully saturated rings. The molecule has 0 aliphatic heterocycles. The molecular weight excluding hydrogens is 340 g/mol. The lowest BCUT2D eigenvalue weighted by Gasteiger charge is -2.16. The van der Waals surface area contributed by atoms with Gasteiger partial charge in [-0.1, -0.05) is 18.2 Å². The molecule has 1 heterocycles. The van der Waals surface area contributed by atoms with E-state index in [1.165, 1.54) is 0 Å². The fraction of sp³-hybridized carbons (Fsp3) is 0.412. The Morgan fingerprint density at radius 3 is 2.92 bits per heavy atom. The minimum absolute atomic E-state index is 0.203. The van der Waals surface area contributed by atoms with Crippen molar-refractivity contribution >= 4 is 15.9 Å². The maximum atomic E-state index is 12.4. The van der Waals surface area contributed by atoms with Gasteiger partial charge in [-0.15, -0.1) is 0 Å². The SMILES string of the molecule is CS(=O)(=O)NC1=CC(NC(=O)c2cnn(C3C=CCCC3)c2)=CCC1. The van der Waals surface area contributed by atoms with Crippen molar-refractivity contribution in [1.29, 1.82) is 0 Å². The lowest BCUT2D eigenvalue weighted by Crippen LogP contribution is -2.26. The highest BCUT2D eigenvalue weighted by molar-refractivity contribution is 7.88. The van der Waals surface area contributed by atoms with E-state index in [9.17, 15) is 13.2 Å². The largest absolute Gasteiger partial charge is 0.322 e. The first-order chi connectivity index (χ1) is 11.9. The molecule has 0 saturated heterocycles. The van der Waals surface area contributed by atoms with E-state index in [2.05, 4.69) is 27.3 Å². The number of aromatic nitrogens is 2. The Labute approximate surface area is 147 Å². The third-order valence-corrected chi connectivity index (χ3v) is 4.75. The van der Waals surface area contributed by atoms with Crippen LogP contribution in [0.3, 0.4) is 0 Å². The van der Waals surface area contributed by atoms with Crippen LogP contribution in [0.15, 0.2) is 48.1 Å². The minimum atomic E-state index is -3.31. The molecule has 0 spiro atoms. The molecule has 2 N–H and O–H groups in total. The van der Waals surface area contributed by atoms with Crippen LogP contribution in [-0.4, -0.2) is 30.4 Å². The van der Waals surface area contributed by atoms with E-state index < -0.39 is 10.0 Å². The number of hydrogen-bond acceptors (Lipinski definition) is 4. The van der Waals surface area contributed by atoms with Gasteiger partial charge in [0.15, 0.2) is 0 Å². The summed E-state index contributed by atoms with van der Waals surface area (Å²) in [4.78, 5) is 12.4. The number of sulfonamides is 1. The second kappa shape index (κ2) is 7.26. The molecule has 3 rings (SSSR count). The second-order valence-electron chi connectivity index (χ2n) is 6.33. The van der Waals surface area contributed by atoms with Crippen molar-refractivity contribution in [2.45, 2.75) is 38.1 Å². The van der Waals surface area contributed by atoms with E-state index in [1.807, 2.05) is 10.8 Å². The van der Waals surface area contributed by atoms with Gasteiger partial charge in [0, 0.05) is 17.6 Å². The van der Waals surface area contributed by atoms with E-state index in [0.717, 1.165) is 25.5 Å². The Kier molecular flexibility index (Phi) is 5.08. The summed E-state index contributed by atoms with van der Waals surface area (Å²) in [7, 11) is -3.31. The highest BCUT2D eigenvalue weighted by Gasteiger charge is 2.16. The predicted molar refractivity (Wildman–Crippen MR) is 95.1 cm³/mol. The lowest BCUT2D eigenvalue weighted by molar-refractivity contribution is 0.0966. The monoisotopic (exact) mass is 362 g/mol. The molecule has 1 aromatic rings. The number of allylic oxidation sites excluding steroid dienone is 5. The number of rotatable bonds is 5. The molecular formula is C17H22N4O3S. The molecule has 2 aliphatic rings. The van der Waals surface area contributed by atoms with Gasteiger partial charge in [0.1, 0.15) is 0 Å². The minimum Gasteiger partial charge on any atom is -0.322 e. The third kappa shape index (κ3) is 4.82. The maximum Gasteiger partial charge on any atom is 0.258 e. The highest BCUT2D eigenvalue weighted by atomic mass is 32.2. The van der Waals surface area contributed by atoms with Gasteiger partial charge in [-0.3, -0.25) is 14.2 Å². The van der Waals surface area contributed by atoms with Crippen molar-refractivity contribution in [2.75, 3.05) is 6.26 Å². The van der Waals surface area contributed by atoms with Gasteiger partial charge in [-0.2, -0.15) is 5.10 Å². The average Bonchev–Trinajstić information content (AvgIpc) is 3.04. The van der Waals surface area contributed by atoms with Crippen LogP contribution in [0.4, 0.5) is 0 Å². The van der Waals surface area contributed by atoms with Gasteiger partial charge in [-0.05, 0) is 38.2 Å². The van der Waals surface area contributed by atoms with Crippen molar-refractivity contribution < 1.29 is 13.2 Å². The number of nitrogens with zero attached hydrogens (tertiary/aromatic N) is 2. The van der Waals surface area contributed by atoms with Crippen molar-refractivity contribution in [2.24, 2.45) is 0 Å². The molecule has 2 aliphatic carbocycles. The second-order valence-corrected chi connectivity index (χ2v) is 8.08. The summed E-state index contributed by atoms with van der Waals surface area (Å²) in [6, 6.07) is 0.203. The van der Waals surface area contributed by atoms with E-state index >= 15 is 0 Å². The summed E-state index contributed by atoms with van der Waals surface area (Å²) in [5.74, 6) is -0.255. The Hall–Kier alpha value is -2.35. The van der Waals surface area contributed by atoms with Crippen LogP contribution >= 0.6 is 0 Å². The molecule has 0 bridgehead atoms. The Balaban J connectivity index is 1.66. The lowest BCUT2D eigenvalue weighted by atomic mass is 10.0. The maximum absolute atomic E-state index is 12.4. The van der Waals surface area contributed by atoms with Crippen molar-refractivity contribution in [3.8, 4) is 0 Å². The average molecular weight is 362 g/mol. The molecule has 1 amide bonds. The van der Waals surface area contributed by atoms with Crippen LogP contribution in [0, 0.1) is 0 Å². The molecule has 7 nitrogen and oxygen atoms in total. The summed E-state index contributed by atoms with van der Waals surface area (Å²) >= 11 is 0. The molecule has 1 aromatic heterocycles. The molecule has 1 unspecified atom stereocenters. The van der Waals surface area contributed by atoms with Gasteiger partial charge in [0.05, 0.1) is 24.1 Å². The smallest absolute Gasteiger partial charge is 0.258 e. The fourth-order valence-corrected chi connectivity index (χ4v) is 3.60. The zero-order chi connectivity index (χ0) is 17.9. The van der Waals surface area contributed by atoms with Crippen LogP contribution in [0.25, 0.3) is 0 Å².